The Morgan fingerprint density at radius 2 is 1.56 bits per heavy atom. The molecule has 0 aromatic rings. The molecule has 0 saturated carbocycles. The summed E-state index contributed by atoms with van der Waals surface area (Å²) in [6.45, 7) is 15.5. The van der Waals surface area contributed by atoms with Crippen molar-refractivity contribution in [2.24, 2.45) is 10.8 Å². The molecule has 0 bridgehead atoms. The highest BCUT2D eigenvalue weighted by Gasteiger charge is 2.38. The van der Waals surface area contributed by atoms with E-state index < -0.39 is 0 Å². The van der Waals surface area contributed by atoms with Gasteiger partial charge in [0, 0.05) is 18.4 Å². The van der Waals surface area contributed by atoms with Crippen LogP contribution in [0.4, 0.5) is 0 Å². The smallest absolute Gasteiger partial charge is 0.139 e. The second kappa shape index (κ2) is 7.28. The Labute approximate surface area is 113 Å². The van der Waals surface area contributed by atoms with E-state index in [4.69, 9.17) is 4.74 Å². The number of Topliss-reactive ketones (excluding diaryl/α,β-unsaturated/α-hetero) is 1. The van der Waals surface area contributed by atoms with Crippen LogP contribution in [-0.4, -0.2) is 18.5 Å². The zero-order chi connectivity index (χ0) is 14.4. The van der Waals surface area contributed by atoms with Crippen LogP contribution in [0.15, 0.2) is 0 Å². The van der Waals surface area contributed by atoms with Gasteiger partial charge in [0.15, 0.2) is 0 Å². The molecule has 0 fully saturated rings. The number of unbranched alkanes of at least 4 members (excludes halogenated alkanes) is 2. The molecule has 0 heterocycles. The molecule has 0 aromatic heterocycles. The van der Waals surface area contributed by atoms with Gasteiger partial charge in [0.25, 0.3) is 0 Å². The minimum absolute atomic E-state index is 0.0326. The standard InChI is InChI=1S/C16H32O2/c1-13(2)18-12-10-8-9-11-14(17)16(6,7)15(3,4)5/h13H,8-12H2,1-7H3. The maximum atomic E-state index is 12.2. The molecule has 0 amide bonds. The fourth-order valence-electron chi connectivity index (χ4n) is 1.61. The summed E-state index contributed by atoms with van der Waals surface area (Å²) in [5, 5.41) is 0. The third-order valence-electron chi connectivity index (χ3n) is 4.07. The van der Waals surface area contributed by atoms with Crippen LogP contribution in [0.25, 0.3) is 0 Å². The number of carbonyl (C=O) groups excluding carboxylic acids is 1. The monoisotopic (exact) mass is 256 g/mol. The van der Waals surface area contributed by atoms with Crippen molar-refractivity contribution in [3.05, 3.63) is 0 Å². The second-order valence-electron chi connectivity index (χ2n) is 7.03. The first-order chi connectivity index (χ1) is 8.09. The lowest BCUT2D eigenvalue weighted by Gasteiger charge is -2.37. The molecule has 0 saturated heterocycles. The van der Waals surface area contributed by atoms with E-state index in [2.05, 4.69) is 48.5 Å². The number of hydrogen-bond donors (Lipinski definition) is 0. The molecule has 0 aromatic carbocycles. The third kappa shape index (κ3) is 5.99. The minimum Gasteiger partial charge on any atom is -0.379 e. The molecular weight excluding hydrogens is 224 g/mol. The van der Waals surface area contributed by atoms with Crippen molar-refractivity contribution < 1.29 is 9.53 Å². The van der Waals surface area contributed by atoms with Gasteiger partial charge < -0.3 is 4.74 Å². The zero-order valence-electron chi connectivity index (χ0n) is 13.4. The Morgan fingerprint density at radius 3 is 2.00 bits per heavy atom. The Bertz CT molecular complexity index is 246. The van der Waals surface area contributed by atoms with Gasteiger partial charge in [0.1, 0.15) is 5.78 Å². The van der Waals surface area contributed by atoms with Crippen LogP contribution < -0.4 is 0 Å². The Kier molecular flexibility index (Phi) is 7.13. The Hall–Kier alpha value is -0.370. The third-order valence-corrected chi connectivity index (χ3v) is 4.07. The van der Waals surface area contributed by atoms with Gasteiger partial charge in [-0.1, -0.05) is 41.0 Å². The number of hydrogen-bond acceptors (Lipinski definition) is 2. The van der Waals surface area contributed by atoms with E-state index in [0.29, 0.717) is 18.3 Å². The minimum atomic E-state index is -0.235. The van der Waals surface area contributed by atoms with Crippen LogP contribution in [0, 0.1) is 10.8 Å². The van der Waals surface area contributed by atoms with Crippen molar-refractivity contribution in [2.75, 3.05) is 6.61 Å². The van der Waals surface area contributed by atoms with Crippen molar-refractivity contribution in [1.29, 1.82) is 0 Å². The highest BCUT2D eigenvalue weighted by Crippen LogP contribution is 2.39. The first-order valence-electron chi connectivity index (χ1n) is 7.24. The number of ether oxygens (including phenoxy) is 1. The van der Waals surface area contributed by atoms with Crippen molar-refractivity contribution in [3.63, 3.8) is 0 Å². The number of ketones is 1. The Balaban J connectivity index is 3.85. The molecule has 0 aliphatic carbocycles. The van der Waals surface area contributed by atoms with E-state index in [0.717, 1.165) is 25.9 Å². The van der Waals surface area contributed by atoms with E-state index in [1.807, 2.05) is 0 Å². The van der Waals surface area contributed by atoms with Gasteiger partial charge in [-0.05, 0) is 32.1 Å². The molecule has 0 rings (SSSR count). The first kappa shape index (κ1) is 17.6. The topological polar surface area (TPSA) is 26.3 Å². The molecule has 18 heavy (non-hydrogen) atoms. The molecule has 108 valence electrons. The molecule has 2 nitrogen and oxygen atoms in total. The van der Waals surface area contributed by atoms with Gasteiger partial charge in [-0.15, -0.1) is 0 Å². The van der Waals surface area contributed by atoms with Crippen LogP contribution in [0.1, 0.15) is 74.1 Å². The summed E-state index contributed by atoms with van der Waals surface area (Å²) in [7, 11) is 0. The largest absolute Gasteiger partial charge is 0.379 e. The van der Waals surface area contributed by atoms with Crippen LogP contribution in [0.5, 0.6) is 0 Å². The van der Waals surface area contributed by atoms with Crippen molar-refractivity contribution in [1.82, 2.24) is 0 Å². The molecule has 0 aliphatic rings. The van der Waals surface area contributed by atoms with Crippen molar-refractivity contribution >= 4 is 5.78 Å². The molecule has 0 aliphatic heterocycles. The van der Waals surface area contributed by atoms with Crippen LogP contribution in [0.2, 0.25) is 0 Å². The van der Waals surface area contributed by atoms with Crippen molar-refractivity contribution in [3.8, 4) is 0 Å². The summed E-state index contributed by atoms with van der Waals surface area (Å²) in [6.07, 6.45) is 4.14. The fourth-order valence-corrected chi connectivity index (χ4v) is 1.61. The molecule has 2 heteroatoms. The second-order valence-corrected chi connectivity index (χ2v) is 7.03. The van der Waals surface area contributed by atoms with Crippen LogP contribution in [-0.2, 0) is 9.53 Å². The maximum Gasteiger partial charge on any atom is 0.139 e. The van der Waals surface area contributed by atoms with Crippen LogP contribution >= 0.6 is 0 Å². The normalized spacial score (nSPS) is 13.1. The first-order valence-corrected chi connectivity index (χ1v) is 7.24. The van der Waals surface area contributed by atoms with Gasteiger partial charge >= 0.3 is 0 Å². The maximum absolute atomic E-state index is 12.2. The lowest BCUT2D eigenvalue weighted by molar-refractivity contribution is -0.132. The quantitative estimate of drug-likeness (QED) is 0.593. The predicted molar refractivity (Wildman–Crippen MR) is 77.8 cm³/mol. The summed E-state index contributed by atoms with van der Waals surface area (Å²) in [5.74, 6) is 0.389. The summed E-state index contributed by atoms with van der Waals surface area (Å²) >= 11 is 0. The van der Waals surface area contributed by atoms with Gasteiger partial charge in [0.05, 0.1) is 6.10 Å². The molecule has 0 unspecified atom stereocenters. The molecule has 0 radical (unpaired) electrons. The van der Waals surface area contributed by atoms with Gasteiger partial charge in [0.2, 0.25) is 0 Å². The summed E-state index contributed by atoms with van der Waals surface area (Å²) in [4.78, 5) is 12.2. The van der Waals surface area contributed by atoms with E-state index in [9.17, 15) is 4.79 Å². The van der Waals surface area contributed by atoms with E-state index in [-0.39, 0.29) is 10.8 Å². The van der Waals surface area contributed by atoms with Gasteiger partial charge in [-0.3, -0.25) is 4.79 Å². The van der Waals surface area contributed by atoms with Gasteiger partial charge in [-0.25, -0.2) is 0 Å². The highest BCUT2D eigenvalue weighted by atomic mass is 16.5. The van der Waals surface area contributed by atoms with Crippen LogP contribution in [0.3, 0.4) is 0 Å². The number of rotatable bonds is 8. The fraction of sp³-hybridized carbons (Fsp3) is 0.938. The molecular formula is C16H32O2. The zero-order valence-corrected chi connectivity index (χ0v) is 13.4. The molecule has 0 atom stereocenters. The van der Waals surface area contributed by atoms with E-state index >= 15 is 0 Å². The van der Waals surface area contributed by atoms with E-state index in [1.54, 1.807) is 0 Å². The SMILES string of the molecule is CC(C)OCCCCCC(=O)C(C)(C)C(C)(C)C. The lowest BCUT2D eigenvalue weighted by atomic mass is 9.66. The lowest BCUT2D eigenvalue weighted by Crippen LogP contribution is -2.37. The van der Waals surface area contributed by atoms with Gasteiger partial charge in [-0.2, -0.15) is 0 Å². The molecule has 0 spiro atoms. The highest BCUT2D eigenvalue weighted by molar-refractivity contribution is 5.84. The summed E-state index contributed by atoms with van der Waals surface area (Å²) in [6, 6.07) is 0. The predicted octanol–water partition coefficient (Wildman–Crippen LogP) is 4.61. The summed E-state index contributed by atoms with van der Waals surface area (Å²) in [5.41, 5.74) is -0.202. The Morgan fingerprint density at radius 1 is 1.00 bits per heavy atom. The molecule has 0 N–H and O–H groups in total. The van der Waals surface area contributed by atoms with E-state index in [1.165, 1.54) is 0 Å². The average molecular weight is 256 g/mol. The average Bonchev–Trinajstić information content (AvgIpc) is 2.20. The summed E-state index contributed by atoms with van der Waals surface area (Å²) < 4.78 is 5.49. The number of carbonyl (C=O) groups is 1. The van der Waals surface area contributed by atoms with Crippen molar-refractivity contribution in [2.45, 2.75) is 80.3 Å².